The van der Waals surface area contributed by atoms with Crippen LogP contribution in [-0.2, 0) is 6.54 Å². The molecule has 0 saturated carbocycles. The van der Waals surface area contributed by atoms with Crippen LogP contribution in [0.4, 0.5) is 0 Å². The van der Waals surface area contributed by atoms with Crippen molar-refractivity contribution in [2.75, 3.05) is 6.54 Å². The summed E-state index contributed by atoms with van der Waals surface area (Å²) in [6, 6.07) is 6.57. The van der Waals surface area contributed by atoms with Crippen molar-refractivity contribution < 1.29 is 0 Å². The molecule has 1 N–H and O–H groups in total. The molecule has 0 atom stereocenters. The molecule has 2 rings (SSSR count). The predicted octanol–water partition coefficient (Wildman–Crippen LogP) is 2.60. The molecule has 0 spiro atoms. The summed E-state index contributed by atoms with van der Waals surface area (Å²) < 4.78 is 2.13. The van der Waals surface area contributed by atoms with Gasteiger partial charge in [-0.25, -0.2) is 4.98 Å². The third kappa shape index (κ3) is 2.56. The zero-order chi connectivity index (χ0) is 12.3. The van der Waals surface area contributed by atoms with Gasteiger partial charge in [-0.15, -0.1) is 0 Å². The van der Waals surface area contributed by atoms with Crippen LogP contribution >= 0.6 is 0 Å². The first-order valence-corrected chi connectivity index (χ1v) is 6.03. The average Bonchev–Trinajstić information content (AvgIpc) is 2.74. The number of imidazole rings is 1. The smallest absolute Gasteiger partial charge is 0.110 e. The van der Waals surface area contributed by atoms with Crippen LogP contribution in [0.15, 0.2) is 30.6 Å². The second kappa shape index (κ2) is 5.15. The molecule has 1 aromatic heterocycles. The summed E-state index contributed by atoms with van der Waals surface area (Å²) in [4.78, 5) is 4.27. The molecule has 0 saturated heterocycles. The lowest BCUT2D eigenvalue weighted by Crippen LogP contribution is -2.12. The second-order valence-electron chi connectivity index (χ2n) is 4.25. The number of hydrogen-bond acceptors (Lipinski definition) is 2. The summed E-state index contributed by atoms with van der Waals surface area (Å²) in [5.74, 6) is 1.02. The molecule has 17 heavy (non-hydrogen) atoms. The van der Waals surface area contributed by atoms with Gasteiger partial charge < -0.3 is 9.88 Å². The summed E-state index contributed by atoms with van der Waals surface area (Å²) in [7, 11) is 0. The van der Waals surface area contributed by atoms with E-state index in [4.69, 9.17) is 0 Å². The third-order valence-corrected chi connectivity index (χ3v) is 2.94. The Morgan fingerprint density at radius 1 is 1.29 bits per heavy atom. The molecule has 0 aliphatic carbocycles. The quantitative estimate of drug-likeness (QED) is 0.873. The van der Waals surface area contributed by atoms with E-state index >= 15 is 0 Å². The number of aryl methyl sites for hydroxylation is 2. The lowest BCUT2D eigenvalue weighted by molar-refractivity contribution is 0.726. The highest BCUT2D eigenvalue weighted by Crippen LogP contribution is 2.17. The third-order valence-electron chi connectivity index (χ3n) is 2.94. The Balaban J connectivity index is 2.36. The van der Waals surface area contributed by atoms with Gasteiger partial charge in [0.05, 0.1) is 0 Å². The fraction of sp³-hybridized carbons (Fsp3) is 0.357. The van der Waals surface area contributed by atoms with E-state index in [1.165, 1.54) is 16.8 Å². The Morgan fingerprint density at radius 2 is 2.12 bits per heavy atom. The maximum atomic E-state index is 4.27. The highest BCUT2D eigenvalue weighted by atomic mass is 15.1. The van der Waals surface area contributed by atoms with Crippen LogP contribution in [0, 0.1) is 13.8 Å². The molecule has 90 valence electrons. The molecule has 0 aliphatic rings. The van der Waals surface area contributed by atoms with Gasteiger partial charge in [0.25, 0.3) is 0 Å². The first-order chi connectivity index (χ1) is 8.22. The Bertz CT molecular complexity index is 500. The molecule has 0 fully saturated rings. The molecular formula is C14H19N3. The van der Waals surface area contributed by atoms with Crippen LogP contribution in [-0.4, -0.2) is 16.1 Å². The van der Waals surface area contributed by atoms with Crippen LogP contribution in [0.25, 0.3) is 5.69 Å². The average molecular weight is 229 g/mol. The van der Waals surface area contributed by atoms with Crippen molar-refractivity contribution in [2.45, 2.75) is 27.3 Å². The first kappa shape index (κ1) is 11.9. The van der Waals surface area contributed by atoms with Crippen molar-refractivity contribution in [1.29, 1.82) is 0 Å². The number of benzene rings is 1. The number of hydrogen-bond donors (Lipinski definition) is 1. The van der Waals surface area contributed by atoms with E-state index in [2.05, 4.69) is 46.9 Å². The molecule has 3 heteroatoms. The molecule has 0 unspecified atom stereocenters. The maximum absolute atomic E-state index is 4.27. The Hall–Kier alpha value is -1.61. The van der Waals surface area contributed by atoms with Gasteiger partial charge in [0.2, 0.25) is 0 Å². The number of nitrogens with zero attached hydrogens (tertiary/aromatic N) is 2. The van der Waals surface area contributed by atoms with Crippen LogP contribution < -0.4 is 5.32 Å². The van der Waals surface area contributed by atoms with E-state index in [0.717, 1.165) is 18.9 Å². The summed E-state index contributed by atoms with van der Waals surface area (Å²) in [5, 5.41) is 3.35. The van der Waals surface area contributed by atoms with Gasteiger partial charge in [-0.1, -0.05) is 19.1 Å². The van der Waals surface area contributed by atoms with Crippen molar-refractivity contribution in [3.05, 3.63) is 47.5 Å². The van der Waals surface area contributed by atoms with Gasteiger partial charge in [0, 0.05) is 24.6 Å². The summed E-state index contributed by atoms with van der Waals surface area (Å²) in [5.41, 5.74) is 3.79. The Morgan fingerprint density at radius 3 is 2.76 bits per heavy atom. The minimum absolute atomic E-state index is 0.914. The maximum Gasteiger partial charge on any atom is 0.110 e. The van der Waals surface area contributed by atoms with Crippen LogP contribution in [0.5, 0.6) is 0 Å². The van der Waals surface area contributed by atoms with Crippen molar-refractivity contribution >= 4 is 0 Å². The van der Waals surface area contributed by atoms with E-state index in [9.17, 15) is 0 Å². The van der Waals surface area contributed by atoms with E-state index in [1.807, 2.05) is 19.3 Å². The van der Waals surface area contributed by atoms with E-state index < -0.39 is 0 Å². The second-order valence-corrected chi connectivity index (χ2v) is 4.25. The summed E-state index contributed by atoms with van der Waals surface area (Å²) in [6.45, 7) is 8.18. The molecule has 0 bridgehead atoms. The number of nitrogens with one attached hydrogen (secondary N) is 1. The van der Waals surface area contributed by atoms with Gasteiger partial charge in [0.1, 0.15) is 5.82 Å². The number of aromatic nitrogens is 2. The zero-order valence-corrected chi connectivity index (χ0v) is 10.7. The Labute approximate surface area is 103 Å². The van der Waals surface area contributed by atoms with Crippen molar-refractivity contribution in [3.8, 4) is 5.69 Å². The van der Waals surface area contributed by atoms with Crippen molar-refractivity contribution in [1.82, 2.24) is 14.9 Å². The minimum atomic E-state index is 0.914. The molecule has 1 aromatic carbocycles. The largest absolute Gasteiger partial charge is 0.313 e. The fourth-order valence-corrected chi connectivity index (χ4v) is 1.93. The lowest BCUT2D eigenvalue weighted by Gasteiger charge is -2.11. The van der Waals surface area contributed by atoms with E-state index in [1.54, 1.807) is 0 Å². The molecule has 3 nitrogen and oxygen atoms in total. The van der Waals surface area contributed by atoms with Crippen molar-refractivity contribution in [3.63, 3.8) is 0 Å². The van der Waals surface area contributed by atoms with Crippen LogP contribution in [0.2, 0.25) is 0 Å². The highest BCUT2D eigenvalue weighted by molar-refractivity contribution is 5.44. The van der Waals surface area contributed by atoms with Crippen LogP contribution in [0.1, 0.15) is 23.9 Å². The van der Waals surface area contributed by atoms with Gasteiger partial charge in [-0.3, -0.25) is 0 Å². The summed E-state index contributed by atoms with van der Waals surface area (Å²) >= 11 is 0. The number of rotatable bonds is 4. The van der Waals surface area contributed by atoms with Gasteiger partial charge in [0.15, 0.2) is 0 Å². The first-order valence-electron chi connectivity index (χ1n) is 6.03. The minimum Gasteiger partial charge on any atom is -0.313 e. The summed E-state index contributed by atoms with van der Waals surface area (Å²) in [6.07, 6.45) is 3.85. The normalized spacial score (nSPS) is 10.8. The van der Waals surface area contributed by atoms with E-state index in [-0.39, 0.29) is 0 Å². The topological polar surface area (TPSA) is 29.9 Å². The zero-order valence-electron chi connectivity index (χ0n) is 10.7. The molecule has 1 heterocycles. The predicted molar refractivity (Wildman–Crippen MR) is 70.4 cm³/mol. The highest BCUT2D eigenvalue weighted by Gasteiger charge is 2.05. The Kier molecular flexibility index (Phi) is 3.59. The standard InChI is InChI=1S/C14H19N3/c1-4-15-10-13-6-5-11(2)14(9-13)17-8-7-16-12(17)3/h5-9,15H,4,10H2,1-3H3. The van der Waals surface area contributed by atoms with Gasteiger partial charge >= 0.3 is 0 Å². The monoisotopic (exact) mass is 229 g/mol. The molecular weight excluding hydrogens is 210 g/mol. The van der Waals surface area contributed by atoms with E-state index in [0.29, 0.717) is 0 Å². The SMILES string of the molecule is CCNCc1ccc(C)c(-n2ccnc2C)c1. The van der Waals surface area contributed by atoms with Gasteiger partial charge in [-0.05, 0) is 37.6 Å². The van der Waals surface area contributed by atoms with Gasteiger partial charge in [-0.2, -0.15) is 0 Å². The van der Waals surface area contributed by atoms with Crippen molar-refractivity contribution in [2.24, 2.45) is 0 Å². The fourth-order valence-electron chi connectivity index (χ4n) is 1.93. The molecule has 2 aromatic rings. The lowest BCUT2D eigenvalue weighted by atomic mass is 10.1. The van der Waals surface area contributed by atoms with Crippen LogP contribution in [0.3, 0.4) is 0 Å². The molecule has 0 aliphatic heterocycles. The molecule has 0 radical (unpaired) electrons. The molecule has 0 amide bonds.